The lowest BCUT2D eigenvalue weighted by Crippen LogP contribution is -2.47. The Bertz CT molecular complexity index is 602. The molecule has 0 spiro atoms. The van der Waals surface area contributed by atoms with Gasteiger partial charge in [-0.25, -0.2) is 0 Å². The van der Waals surface area contributed by atoms with Crippen molar-refractivity contribution in [2.75, 3.05) is 20.2 Å². The normalized spacial score (nSPS) is 25.9. The van der Waals surface area contributed by atoms with Crippen LogP contribution < -0.4 is 9.47 Å². The van der Waals surface area contributed by atoms with Crippen LogP contribution in [0.2, 0.25) is 0 Å². The second kappa shape index (κ2) is 9.90. The summed E-state index contributed by atoms with van der Waals surface area (Å²) in [6.45, 7) is 3.74. The van der Waals surface area contributed by atoms with Gasteiger partial charge in [0.25, 0.3) is 0 Å². The van der Waals surface area contributed by atoms with Crippen LogP contribution in [-0.2, 0) is 4.79 Å². The van der Waals surface area contributed by atoms with E-state index in [1.165, 1.54) is 32.1 Å². The zero-order valence-corrected chi connectivity index (χ0v) is 16.7. The fourth-order valence-electron chi connectivity index (χ4n) is 4.34. The first kappa shape index (κ1) is 19.9. The number of nitrogens with zero attached hydrogens (tertiary/aromatic N) is 3. The number of aromatic nitrogens is 2. The van der Waals surface area contributed by atoms with Crippen molar-refractivity contribution in [3.63, 3.8) is 0 Å². The number of methoxy groups -OCH3 is 1. The predicted octanol–water partition coefficient (Wildman–Crippen LogP) is 3.85. The molecule has 0 radical (unpaired) electrons. The molecule has 1 saturated heterocycles. The number of unbranched alkanes of at least 4 members (excludes halogenated alkanes) is 1. The quantitative estimate of drug-likeness (QED) is 0.724. The Morgan fingerprint density at radius 2 is 1.96 bits per heavy atom. The molecule has 3 rings (SSSR count). The summed E-state index contributed by atoms with van der Waals surface area (Å²) >= 11 is 0. The van der Waals surface area contributed by atoms with Crippen molar-refractivity contribution in [1.82, 2.24) is 14.9 Å². The summed E-state index contributed by atoms with van der Waals surface area (Å²) in [5, 5.41) is 0. The van der Waals surface area contributed by atoms with E-state index in [4.69, 9.17) is 9.47 Å². The molecule has 2 fully saturated rings. The number of piperidine rings is 1. The standard InChI is InChI=1S/C21H33N3O3/c1-3-4-6-16-8-10-17(11-9-16)21(25)24-12-5-7-18(15-24)27-20-14-22-13-19(23-20)26-2/h13-14,16-18H,3-12,15H2,1-2H3. The fraction of sp³-hybridized carbons (Fsp3) is 0.762. The summed E-state index contributed by atoms with van der Waals surface area (Å²) in [6, 6.07) is 0. The maximum Gasteiger partial charge on any atom is 0.235 e. The first-order chi connectivity index (χ1) is 13.2. The van der Waals surface area contributed by atoms with Crippen LogP contribution in [0.5, 0.6) is 11.8 Å². The smallest absolute Gasteiger partial charge is 0.235 e. The highest BCUT2D eigenvalue weighted by Gasteiger charge is 2.32. The topological polar surface area (TPSA) is 64.6 Å². The van der Waals surface area contributed by atoms with Crippen LogP contribution >= 0.6 is 0 Å². The van der Waals surface area contributed by atoms with Crippen molar-refractivity contribution < 1.29 is 14.3 Å². The molecule has 2 heterocycles. The number of likely N-dealkylation sites (tertiary alicyclic amines) is 1. The molecule has 1 aromatic heterocycles. The molecule has 1 aromatic rings. The van der Waals surface area contributed by atoms with Crippen molar-refractivity contribution >= 4 is 5.91 Å². The van der Waals surface area contributed by atoms with Gasteiger partial charge in [-0.3, -0.25) is 9.78 Å². The molecule has 27 heavy (non-hydrogen) atoms. The molecule has 0 N–H and O–H groups in total. The molecular formula is C21H33N3O3. The summed E-state index contributed by atoms with van der Waals surface area (Å²) in [6.07, 6.45) is 13.5. The molecule has 1 amide bonds. The lowest BCUT2D eigenvalue weighted by Gasteiger charge is -2.36. The van der Waals surface area contributed by atoms with Crippen LogP contribution in [0.3, 0.4) is 0 Å². The minimum atomic E-state index is -0.0231. The van der Waals surface area contributed by atoms with Crippen LogP contribution in [0.4, 0.5) is 0 Å². The van der Waals surface area contributed by atoms with Gasteiger partial charge in [-0.15, -0.1) is 0 Å². The second-order valence-electron chi connectivity index (χ2n) is 7.93. The molecule has 1 unspecified atom stereocenters. The zero-order chi connectivity index (χ0) is 19.1. The van der Waals surface area contributed by atoms with Gasteiger partial charge >= 0.3 is 0 Å². The van der Waals surface area contributed by atoms with Crippen molar-refractivity contribution in [3.05, 3.63) is 12.4 Å². The van der Waals surface area contributed by atoms with E-state index >= 15 is 0 Å². The van der Waals surface area contributed by atoms with E-state index in [0.29, 0.717) is 24.2 Å². The lowest BCUT2D eigenvalue weighted by atomic mass is 9.79. The Morgan fingerprint density at radius 1 is 1.19 bits per heavy atom. The van der Waals surface area contributed by atoms with E-state index in [-0.39, 0.29) is 12.0 Å². The highest BCUT2D eigenvalue weighted by atomic mass is 16.5. The minimum absolute atomic E-state index is 0.0231. The van der Waals surface area contributed by atoms with Crippen molar-refractivity contribution in [1.29, 1.82) is 0 Å². The summed E-state index contributed by atoms with van der Waals surface area (Å²) in [4.78, 5) is 23.4. The Kier molecular flexibility index (Phi) is 7.30. The Balaban J connectivity index is 1.49. The highest BCUT2D eigenvalue weighted by Crippen LogP contribution is 2.33. The number of rotatable bonds is 7. The summed E-state index contributed by atoms with van der Waals surface area (Å²) in [7, 11) is 1.56. The van der Waals surface area contributed by atoms with Gasteiger partial charge in [0, 0.05) is 12.5 Å². The van der Waals surface area contributed by atoms with Gasteiger partial charge in [-0.2, -0.15) is 4.98 Å². The number of carbonyl (C=O) groups is 1. The zero-order valence-electron chi connectivity index (χ0n) is 16.7. The number of hydrogen-bond donors (Lipinski definition) is 0. The van der Waals surface area contributed by atoms with Gasteiger partial charge in [0.05, 0.1) is 26.0 Å². The lowest BCUT2D eigenvalue weighted by molar-refractivity contribution is -0.139. The maximum atomic E-state index is 13.0. The average molecular weight is 376 g/mol. The first-order valence-corrected chi connectivity index (χ1v) is 10.5. The van der Waals surface area contributed by atoms with Crippen molar-refractivity contribution in [2.24, 2.45) is 11.8 Å². The van der Waals surface area contributed by atoms with Gasteiger partial charge in [0.2, 0.25) is 17.7 Å². The molecule has 150 valence electrons. The van der Waals surface area contributed by atoms with Gasteiger partial charge in [0.15, 0.2) is 0 Å². The van der Waals surface area contributed by atoms with Crippen LogP contribution in [0, 0.1) is 11.8 Å². The molecule has 0 aromatic carbocycles. The van der Waals surface area contributed by atoms with Crippen LogP contribution in [0.15, 0.2) is 12.4 Å². The van der Waals surface area contributed by atoms with Crippen LogP contribution in [0.25, 0.3) is 0 Å². The molecule has 1 aliphatic carbocycles. The predicted molar refractivity (Wildman–Crippen MR) is 104 cm³/mol. The monoisotopic (exact) mass is 375 g/mol. The third-order valence-electron chi connectivity index (χ3n) is 5.94. The Hall–Kier alpha value is -1.85. The van der Waals surface area contributed by atoms with Gasteiger partial charge in [-0.05, 0) is 44.4 Å². The number of hydrogen-bond acceptors (Lipinski definition) is 5. The molecule has 6 heteroatoms. The van der Waals surface area contributed by atoms with Gasteiger partial charge < -0.3 is 14.4 Å². The summed E-state index contributed by atoms with van der Waals surface area (Å²) < 4.78 is 11.1. The maximum absolute atomic E-state index is 13.0. The van der Waals surface area contributed by atoms with E-state index in [2.05, 4.69) is 16.9 Å². The largest absolute Gasteiger partial charge is 0.480 e. The SMILES string of the molecule is CCCCC1CCC(C(=O)N2CCCC(Oc3cncc(OC)n3)C2)CC1. The molecular weight excluding hydrogens is 342 g/mol. The number of ether oxygens (including phenoxy) is 2. The second-order valence-corrected chi connectivity index (χ2v) is 7.93. The molecule has 1 atom stereocenters. The third kappa shape index (κ3) is 5.56. The third-order valence-corrected chi connectivity index (χ3v) is 5.94. The Morgan fingerprint density at radius 3 is 2.70 bits per heavy atom. The van der Waals surface area contributed by atoms with Crippen LogP contribution in [0.1, 0.15) is 64.7 Å². The first-order valence-electron chi connectivity index (χ1n) is 10.5. The molecule has 2 aliphatic rings. The minimum Gasteiger partial charge on any atom is -0.480 e. The van der Waals surface area contributed by atoms with E-state index in [1.807, 2.05) is 4.90 Å². The number of amides is 1. The van der Waals surface area contributed by atoms with E-state index in [9.17, 15) is 4.79 Å². The number of carbonyl (C=O) groups excluding carboxylic acids is 1. The summed E-state index contributed by atoms with van der Waals surface area (Å²) in [5.74, 6) is 2.27. The molecule has 6 nitrogen and oxygen atoms in total. The average Bonchev–Trinajstić information content (AvgIpc) is 2.72. The molecule has 1 aliphatic heterocycles. The molecule has 1 saturated carbocycles. The highest BCUT2D eigenvalue weighted by molar-refractivity contribution is 5.79. The van der Waals surface area contributed by atoms with E-state index < -0.39 is 0 Å². The van der Waals surface area contributed by atoms with Crippen LogP contribution in [-0.4, -0.2) is 47.1 Å². The van der Waals surface area contributed by atoms with Gasteiger partial charge in [-0.1, -0.05) is 26.2 Å². The van der Waals surface area contributed by atoms with Gasteiger partial charge in [0.1, 0.15) is 6.10 Å². The van der Waals surface area contributed by atoms with E-state index in [0.717, 1.165) is 38.1 Å². The van der Waals surface area contributed by atoms with E-state index in [1.54, 1.807) is 19.5 Å². The molecule has 0 bridgehead atoms. The summed E-state index contributed by atoms with van der Waals surface area (Å²) in [5.41, 5.74) is 0. The van der Waals surface area contributed by atoms with Crippen molar-refractivity contribution in [3.8, 4) is 11.8 Å². The van der Waals surface area contributed by atoms with Crippen molar-refractivity contribution in [2.45, 2.75) is 70.8 Å². The Labute approximate surface area is 162 Å². The fourth-order valence-corrected chi connectivity index (χ4v) is 4.34.